The molecule has 0 aromatic heterocycles. The van der Waals surface area contributed by atoms with E-state index in [1.807, 2.05) is 0 Å². The first kappa shape index (κ1) is 16.3. The van der Waals surface area contributed by atoms with Gasteiger partial charge in [0, 0.05) is 18.1 Å². The van der Waals surface area contributed by atoms with Gasteiger partial charge in [-0.05, 0) is 57.0 Å². The molecular weight excluding hydrogens is 244 g/mol. The number of hydrogen-bond acceptors (Lipinski definition) is 2. The van der Waals surface area contributed by atoms with E-state index in [0.29, 0.717) is 5.41 Å². The third-order valence-electron chi connectivity index (χ3n) is 5.64. The highest BCUT2D eigenvalue weighted by molar-refractivity contribution is 4.96. The summed E-state index contributed by atoms with van der Waals surface area (Å²) in [5.41, 5.74) is 0.529. The van der Waals surface area contributed by atoms with Crippen LogP contribution in [0.25, 0.3) is 0 Å². The van der Waals surface area contributed by atoms with E-state index in [1.165, 1.54) is 57.9 Å². The number of hydrogen-bond donors (Lipinski definition) is 1. The van der Waals surface area contributed by atoms with Crippen LogP contribution in [0.4, 0.5) is 0 Å². The first-order valence-electron chi connectivity index (χ1n) is 9.06. The molecule has 0 aromatic rings. The SMILES string of the molecule is CCNC1CCC(C)(C)CC1N1CCCCCC1CC. The normalized spacial score (nSPS) is 35.7. The number of rotatable bonds is 4. The van der Waals surface area contributed by atoms with Gasteiger partial charge in [-0.1, -0.05) is 40.5 Å². The van der Waals surface area contributed by atoms with Crippen molar-refractivity contribution in [2.75, 3.05) is 13.1 Å². The summed E-state index contributed by atoms with van der Waals surface area (Å²) in [6.07, 6.45) is 11.2. The molecular formula is C18H36N2. The van der Waals surface area contributed by atoms with Gasteiger partial charge < -0.3 is 5.32 Å². The molecule has 1 saturated carbocycles. The molecule has 1 heterocycles. The molecule has 3 atom stereocenters. The molecule has 2 fully saturated rings. The Morgan fingerprint density at radius 1 is 1.10 bits per heavy atom. The molecule has 1 saturated heterocycles. The largest absolute Gasteiger partial charge is 0.313 e. The Hall–Kier alpha value is -0.0800. The minimum Gasteiger partial charge on any atom is -0.313 e. The van der Waals surface area contributed by atoms with Crippen molar-refractivity contribution in [1.29, 1.82) is 0 Å². The number of nitrogens with zero attached hydrogens (tertiary/aromatic N) is 1. The molecule has 1 aliphatic heterocycles. The Bertz CT molecular complexity index is 287. The summed E-state index contributed by atoms with van der Waals surface area (Å²) in [5.74, 6) is 0. The van der Waals surface area contributed by atoms with E-state index in [1.54, 1.807) is 0 Å². The quantitative estimate of drug-likeness (QED) is 0.830. The molecule has 2 aliphatic rings. The van der Waals surface area contributed by atoms with Crippen LogP contribution in [0.2, 0.25) is 0 Å². The van der Waals surface area contributed by atoms with Crippen LogP contribution >= 0.6 is 0 Å². The smallest absolute Gasteiger partial charge is 0.0257 e. The maximum Gasteiger partial charge on any atom is 0.0257 e. The fraction of sp³-hybridized carbons (Fsp3) is 1.00. The zero-order valence-electron chi connectivity index (χ0n) is 14.3. The van der Waals surface area contributed by atoms with Crippen molar-refractivity contribution in [3.8, 4) is 0 Å². The van der Waals surface area contributed by atoms with Crippen LogP contribution in [-0.2, 0) is 0 Å². The van der Waals surface area contributed by atoms with Gasteiger partial charge in [-0.3, -0.25) is 4.90 Å². The van der Waals surface area contributed by atoms with Crippen molar-refractivity contribution >= 4 is 0 Å². The second-order valence-corrected chi connectivity index (χ2v) is 7.79. The summed E-state index contributed by atoms with van der Waals surface area (Å²) in [7, 11) is 0. The zero-order chi connectivity index (χ0) is 14.6. The topological polar surface area (TPSA) is 15.3 Å². The van der Waals surface area contributed by atoms with E-state index >= 15 is 0 Å². The number of likely N-dealkylation sites (N-methyl/N-ethyl adjacent to an activating group) is 1. The third-order valence-corrected chi connectivity index (χ3v) is 5.64. The van der Waals surface area contributed by atoms with Gasteiger partial charge in [0.05, 0.1) is 0 Å². The summed E-state index contributed by atoms with van der Waals surface area (Å²) in [6, 6.07) is 2.32. The molecule has 20 heavy (non-hydrogen) atoms. The van der Waals surface area contributed by atoms with E-state index in [0.717, 1.165) is 24.7 Å². The average Bonchev–Trinajstić information content (AvgIpc) is 2.65. The van der Waals surface area contributed by atoms with E-state index in [-0.39, 0.29) is 0 Å². The molecule has 0 amide bonds. The Morgan fingerprint density at radius 2 is 1.90 bits per heavy atom. The maximum absolute atomic E-state index is 3.79. The van der Waals surface area contributed by atoms with Crippen LogP contribution in [-0.4, -0.2) is 36.1 Å². The number of likely N-dealkylation sites (tertiary alicyclic amines) is 1. The molecule has 0 radical (unpaired) electrons. The Kier molecular flexibility index (Phi) is 5.92. The van der Waals surface area contributed by atoms with Gasteiger partial charge in [0.15, 0.2) is 0 Å². The molecule has 2 heteroatoms. The lowest BCUT2D eigenvalue weighted by molar-refractivity contribution is 0.0362. The first-order valence-corrected chi connectivity index (χ1v) is 9.06. The minimum atomic E-state index is 0.529. The van der Waals surface area contributed by atoms with Crippen molar-refractivity contribution < 1.29 is 0 Å². The van der Waals surface area contributed by atoms with Gasteiger partial charge in [0.2, 0.25) is 0 Å². The minimum absolute atomic E-state index is 0.529. The van der Waals surface area contributed by atoms with Crippen molar-refractivity contribution in [2.24, 2.45) is 5.41 Å². The van der Waals surface area contributed by atoms with E-state index in [2.05, 4.69) is 37.9 Å². The van der Waals surface area contributed by atoms with Gasteiger partial charge in [-0.25, -0.2) is 0 Å². The molecule has 3 unspecified atom stereocenters. The summed E-state index contributed by atoms with van der Waals surface area (Å²) in [6.45, 7) is 12.0. The average molecular weight is 280 g/mol. The monoisotopic (exact) mass is 280 g/mol. The molecule has 0 spiro atoms. The zero-order valence-corrected chi connectivity index (χ0v) is 14.3. The van der Waals surface area contributed by atoms with E-state index < -0.39 is 0 Å². The molecule has 0 bridgehead atoms. The molecule has 0 aromatic carbocycles. The van der Waals surface area contributed by atoms with Crippen molar-refractivity contribution in [2.45, 2.75) is 97.2 Å². The van der Waals surface area contributed by atoms with Gasteiger partial charge in [-0.2, -0.15) is 0 Å². The lowest BCUT2D eigenvalue weighted by Gasteiger charge is -2.48. The van der Waals surface area contributed by atoms with Crippen LogP contribution in [0.1, 0.15) is 79.1 Å². The second-order valence-electron chi connectivity index (χ2n) is 7.79. The van der Waals surface area contributed by atoms with Crippen LogP contribution in [0.5, 0.6) is 0 Å². The molecule has 1 aliphatic carbocycles. The molecule has 118 valence electrons. The third kappa shape index (κ3) is 3.98. The van der Waals surface area contributed by atoms with E-state index in [9.17, 15) is 0 Å². The summed E-state index contributed by atoms with van der Waals surface area (Å²) in [4.78, 5) is 2.90. The highest BCUT2D eigenvalue weighted by Crippen LogP contribution is 2.39. The van der Waals surface area contributed by atoms with Crippen molar-refractivity contribution in [3.63, 3.8) is 0 Å². The standard InChI is InChI=1S/C18H36N2/c1-5-15-10-8-7-9-13-20(15)17-14-18(3,4)12-11-16(17)19-6-2/h15-17,19H,5-14H2,1-4H3. The van der Waals surface area contributed by atoms with Gasteiger partial charge in [-0.15, -0.1) is 0 Å². The van der Waals surface area contributed by atoms with Crippen LogP contribution in [0, 0.1) is 5.41 Å². The van der Waals surface area contributed by atoms with Crippen LogP contribution in [0.3, 0.4) is 0 Å². The Labute approximate surface area is 126 Å². The molecule has 2 rings (SSSR count). The summed E-state index contributed by atoms with van der Waals surface area (Å²) in [5, 5.41) is 3.79. The fourth-order valence-corrected chi connectivity index (χ4v) is 4.47. The lowest BCUT2D eigenvalue weighted by Crippen LogP contribution is -2.57. The highest BCUT2D eigenvalue weighted by Gasteiger charge is 2.39. The second kappa shape index (κ2) is 7.26. The van der Waals surface area contributed by atoms with Gasteiger partial charge in [0.25, 0.3) is 0 Å². The van der Waals surface area contributed by atoms with Gasteiger partial charge in [0.1, 0.15) is 0 Å². The van der Waals surface area contributed by atoms with Crippen molar-refractivity contribution in [1.82, 2.24) is 10.2 Å². The Balaban J connectivity index is 2.13. The number of nitrogens with one attached hydrogen (secondary N) is 1. The highest BCUT2D eigenvalue weighted by atomic mass is 15.2. The van der Waals surface area contributed by atoms with Crippen molar-refractivity contribution in [3.05, 3.63) is 0 Å². The maximum atomic E-state index is 3.79. The fourth-order valence-electron chi connectivity index (χ4n) is 4.47. The lowest BCUT2D eigenvalue weighted by atomic mass is 9.72. The predicted molar refractivity (Wildman–Crippen MR) is 88.1 cm³/mol. The Morgan fingerprint density at radius 3 is 2.60 bits per heavy atom. The van der Waals surface area contributed by atoms with E-state index in [4.69, 9.17) is 0 Å². The predicted octanol–water partition coefficient (Wildman–Crippen LogP) is 4.20. The summed E-state index contributed by atoms with van der Waals surface area (Å²) < 4.78 is 0. The van der Waals surface area contributed by atoms with Gasteiger partial charge >= 0.3 is 0 Å². The van der Waals surface area contributed by atoms with Crippen LogP contribution < -0.4 is 5.32 Å². The van der Waals surface area contributed by atoms with Crippen LogP contribution in [0.15, 0.2) is 0 Å². The first-order chi connectivity index (χ1) is 9.57. The molecule has 2 nitrogen and oxygen atoms in total. The molecule has 1 N–H and O–H groups in total. The summed E-state index contributed by atoms with van der Waals surface area (Å²) >= 11 is 0.